The lowest BCUT2D eigenvalue weighted by Crippen LogP contribution is -2.62. The Labute approximate surface area is 187 Å². The molecule has 8 atom stereocenters. The van der Waals surface area contributed by atoms with Gasteiger partial charge in [-0.05, 0) is 80.5 Å². The molecule has 2 N–H and O–H groups in total. The fraction of sp³-hybridized carbons (Fsp3) is 1.00. The molecule has 0 amide bonds. The Bertz CT molecular complexity index is 515. The fourth-order valence-corrected chi connectivity index (χ4v) is 8.99. The number of rotatable bonds is 4. The van der Waals surface area contributed by atoms with Crippen molar-refractivity contribution in [3.63, 3.8) is 0 Å². The molecule has 2 heteroatoms. The van der Waals surface area contributed by atoms with Crippen LogP contribution in [-0.2, 0) is 0 Å². The average molecular weight is 415 g/mol. The molecule has 5 rings (SSSR count). The average Bonchev–Trinajstić information content (AvgIpc) is 2.77. The summed E-state index contributed by atoms with van der Waals surface area (Å²) < 4.78 is 0. The molecule has 5 aliphatic rings. The van der Waals surface area contributed by atoms with Crippen molar-refractivity contribution in [1.29, 1.82) is 0 Å². The summed E-state index contributed by atoms with van der Waals surface area (Å²) in [6.07, 6.45) is 23.7. The van der Waals surface area contributed by atoms with E-state index < -0.39 is 0 Å². The zero-order chi connectivity index (χ0) is 20.5. The van der Waals surface area contributed by atoms with E-state index in [1.54, 1.807) is 6.42 Å². The van der Waals surface area contributed by atoms with Gasteiger partial charge < -0.3 is 10.6 Å². The summed E-state index contributed by atoms with van der Waals surface area (Å²) in [7, 11) is 0. The van der Waals surface area contributed by atoms with Gasteiger partial charge in [0.2, 0.25) is 0 Å². The predicted octanol–water partition coefficient (Wildman–Crippen LogP) is 6.69. The summed E-state index contributed by atoms with van der Waals surface area (Å²) in [5, 5.41) is 8.74. The second-order valence-corrected chi connectivity index (χ2v) is 12.4. The van der Waals surface area contributed by atoms with Crippen molar-refractivity contribution in [2.45, 2.75) is 141 Å². The quantitative estimate of drug-likeness (QED) is 0.535. The Morgan fingerprint density at radius 2 is 0.933 bits per heavy atom. The summed E-state index contributed by atoms with van der Waals surface area (Å²) >= 11 is 0. The molecule has 0 radical (unpaired) electrons. The molecule has 0 spiro atoms. The zero-order valence-corrected chi connectivity index (χ0v) is 20.1. The van der Waals surface area contributed by atoms with Crippen LogP contribution in [0.5, 0.6) is 0 Å². The van der Waals surface area contributed by atoms with Gasteiger partial charge >= 0.3 is 0 Å². The first kappa shape index (κ1) is 21.7. The Kier molecular flexibility index (Phi) is 7.12. The number of nitrogens with one attached hydrogen (secondary N) is 2. The van der Waals surface area contributed by atoms with Crippen molar-refractivity contribution in [1.82, 2.24) is 10.6 Å². The van der Waals surface area contributed by atoms with E-state index >= 15 is 0 Å². The Hall–Kier alpha value is -0.0800. The van der Waals surface area contributed by atoms with E-state index in [1.807, 2.05) is 0 Å². The van der Waals surface area contributed by atoms with Gasteiger partial charge in [0.1, 0.15) is 0 Å². The maximum Gasteiger partial charge on any atom is 0.0224 e. The molecular weight excluding hydrogens is 364 g/mol. The normalized spacial score (nSPS) is 49.8. The molecule has 5 aliphatic carbocycles. The van der Waals surface area contributed by atoms with Gasteiger partial charge in [0.25, 0.3) is 0 Å². The maximum atomic E-state index is 4.46. The minimum Gasteiger partial charge on any atom is -0.309 e. The lowest BCUT2D eigenvalue weighted by molar-refractivity contribution is 0.00301. The van der Waals surface area contributed by atoms with Gasteiger partial charge in [-0.25, -0.2) is 0 Å². The highest BCUT2D eigenvalue weighted by Gasteiger charge is 2.47. The molecule has 30 heavy (non-hydrogen) atoms. The summed E-state index contributed by atoms with van der Waals surface area (Å²) in [5.74, 6) is 5.79. The van der Waals surface area contributed by atoms with E-state index in [1.165, 1.54) is 96.3 Å². The number of fused-ring (bicyclic) bond motifs is 2. The minimum absolute atomic E-state index is 0.720. The van der Waals surface area contributed by atoms with Crippen molar-refractivity contribution < 1.29 is 0 Å². The van der Waals surface area contributed by atoms with Crippen molar-refractivity contribution >= 4 is 0 Å². The molecule has 0 aromatic rings. The first-order valence-corrected chi connectivity index (χ1v) is 14.2. The smallest absolute Gasteiger partial charge is 0.0224 e. The van der Waals surface area contributed by atoms with E-state index in [9.17, 15) is 0 Å². The van der Waals surface area contributed by atoms with E-state index in [0.717, 1.165) is 59.7 Å². The third kappa shape index (κ3) is 4.52. The third-order valence-electron chi connectivity index (χ3n) is 10.6. The summed E-state index contributed by atoms with van der Waals surface area (Å²) in [6, 6.07) is 3.04. The molecule has 0 aromatic heterocycles. The molecule has 0 bridgehead atoms. The molecule has 0 heterocycles. The van der Waals surface area contributed by atoms with E-state index in [2.05, 4.69) is 24.5 Å². The van der Waals surface area contributed by atoms with Gasteiger partial charge in [-0.2, -0.15) is 0 Å². The van der Waals surface area contributed by atoms with Crippen LogP contribution in [0.25, 0.3) is 0 Å². The van der Waals surface area contributed by atoms with Crippen LogP contribution in [0.15, 0.2) is 0 Å². The van der Waals surface area contributed by atoms with Crippen LogP contribution in [0.3, 0.4) is 0 Å². The van der Waals surface area contributed by atoms with Crippen LogP contribution in [-0.4, -0.2) is 24.2 Å². The van der Waals surface area contributed by atoms with Crippen molar-refractivity contribution in [2.24, 2.45) is 35.5 Å². The van der Waals surface area contributed by atoms with Crippen LogP contribution in [0.2, 0.25) is 0 Å². The first-order chi connectivity index (χ1) is 14.7. The summed E-state index contributed by atoms with van der Waals surface area (Å²) in [5.41, 5.74) is 0. The van der Waals surface area contributed by atoms with Gasteiger partial charge in [-0.15, -0.1) is 0 Å². The lowest BCUT2D eigenvalue weighted by atomic mass is 9.57. The lowest BCUT2D eigenvalue weighted by Gasteiger charge is -2.53. The van der Waals surface area contributed by atoms with Gasteiger partial charge in [-0.3, -0.25) is 0 Å². The second kappa shape index (κ2) is 9.82. The topological polar surface area (TPSA) is 24.1 Å². The highest BCUT2D eigenvalue weighted by molar-refractivity contribution is 5.02. The van der Waals surface area contributed by atoms with Gasteiger partial charge in [0.15, 0.2) is 0 Å². The molecule has 0 aliphatic heterocycles. The molecule has 8 unspecified atom stereocenters. The van der Waals surface area contributed by atoms with E-state index in [0.29, 0.717) is 0 Å². The van der Waals surface area contributed by atoms with Gasteiger partial charge in [0.05, 0.1) is 0 Å². The highest BCUT2D eigenvalue weighted by atomic mass is 15.1. The minimum atomic E-state index is 0.720. The fourth-order valence-electron chi connectivity index (χ4n) is 8.99. The standard InChI is InChI=1S/C28H50N2/c1-19-10-9-11-20(2)27(19)29-25-16-7-8-17-26(25)30-28-23-14-5-3-12-21(23)18-22-13-4-6-15-24(22)28/h19-30H,3-18H2,1-2H3. The largest absolute Gasteiger partial charge is 0.309 e. The van der Waals surface area contributed by atoms with E-state index in [-0.39, 0.29) is 0 Å². The molecule has 172 valence electrons. The van der Waals surface area contributed by atoms with Crippen LogP contribution < -0.4 is 10.6 Å². The van der Waals surface area contributed by atoms with Crippen LogP contribution in [0, 0.1) is 35.5 Å². The molecule has 2 nitrogen and oxygen atoms in total. The first-order valence-electron chi connectivity index (χ1n) is 14.2. The number of hydrogen-bond acceptors (Lipinski definition) is 2. The van der Waals surface area contributed by atoms with Gasteiger partial charge in [0, 0.05) is 24.2 Å². The summed E-state index contributed by atoms with van der Waals surface area (Å²) in [4.78, 5) is 0. The maximum absolute atomic E-state index is 4.46. The Balaban J connectivity index is 1.30. The van der Waals surface area contributed by atoms with Crippen LogP contribution >= 0.6 is 0 Å². The summed E-state index contributed by atoms with van der Waals surface area (Å²) in [6.45, 7) is 5.03. The van der Waals surface area contributed by atoms with Crippen molar-refractivity contribution in [3.05, 3.63) is 0 Å². The van der Waals surface area contributed by atoms with Crippen molar-refractivity contribution in [2.75, 3.05) is 0 Å². The SMILES string of the molecule is CC1CCCC(C)C1NC1CCCCC1NC1C2CCCCC2CC2CCCCC21. The van der Waals surface area contributed by atoms with Crippen molar-refractivity contribution in [3.8, 4) is 0 Å². The molecule has 5 fully saturated rings. The zero-order valence-electron chi connectivity index (χ0n) is 20.1. The van der Waals surface area contributed by atoms with E-state index in [4.69, 9.17) is 0 Å². The number of hydrogen-bond donors (Lipinski definition) is 2. The second-order valence-electron chi connectivity index (χ2n) is 12.4. The van der Waals surface area contributed by atoms with Crippen LogP contribution in [0.1, 0.15) is 117 Å². The monoisotopic (exact) mass is 414 g/mol. The van der Waals surface area contributed by atoms with Crippen LogP contribution in [0.4, 0.5) is 0 Å². The Morgan fingerprint density at radius 3 is 1.50 bits per heavy atom. The van der Waals surface area contributed by atoms with Gasteiger partial charge in [-0.1, -0.05) is 71.6 Å². The molecule has 0 aromatic carbocycles. The third-order valence-corrected chi connectivity index (χ3v) is 10.6. The highest BCUT2D eigenvalue weighted by Crippen LogP contribution is 2.50. The molecule has 0 saturated heterocycles. The molecular formula is C28H50N2. The molecule has 5 saturated carbocycles. The predicted molar refractivity (Wildman–Crippen MR) is 128 cm³/mol. The Morgan fingerprint density at radius 1 is 0.467 bits per heavy atom.